The average Bonchev–Trinajstić information content (AvgIpc) is 2.65. The molecule has 0 bridgehead atoms. The third-order valence-electron chi connectivity index (χ3n) is 4.00. The lowest BCUT2D eigenvalue weighted by atomic mass is 10.0. The maximum Gasteiger partial charge on any atom is 0.224 e. The van der Waals surface area contributed by atoms with Gasteiger partial charge in [-0.3, -0.25) is 9.59 Å². The van der Waals surface area contributed by atoms with Gasteiger partial charge in [-0.05, 0) is 30.0 Å². The summed E-state index contributed by atoms with van der Waals surface area (Å²) in [4.78, 5) is 24.5. The van der Waals surface area contributed by atoms with E-state index in [9.17, 15) is 9.59 Å². The third-order valence-corrected chi connectivity index (χ3v) is 4.00. The molecule has 2 aromatic carbocycles. The molecule has 1 N–H and O–H groups in total. The topological polar surface area (TPSA) is 55.4 Å². The minimum atomic E-state index is -0.191. The van der Waals surface area contributed by atoms with Crippen LogP contribution in [-0.4, -0.2) is 18.3 Å². The molecule has 4 heteroatoms. The van der Waals surface area contributed by atoms with Crippen LogP contribution in [0.15, 0.2) is 48.5 Å². The quantitative estimate of drug-likeness (QED) is 0.653. The summed E-state index contributed by atoms with van der Waals surface area (Å²) in [5.41, 5.74) is 2.48. The van der Waals surface area contributed by atoms with Crippen LogP contribution in [0, 0.1) is 5.92 Å². The standard InChI is InChI=1S/C22H27NO3/c1-4-17-9-11-18(12-10-17)20(24)13-14-22(25)23-19-7-5-6-8-21(19)26-15-16(2)3/h5-12,16H,4,13-15H2,1-3H3,(H,23,25). The number of Topliss-reactive ketones (excluding diaryl/α,β-unsaturated/α-hetero) is 1. The van der Waals surface area contributed by atoms with Crippen LogP contribution in [0.1, 0.15) is 49.5 Å². The summed E-state index contributed by atoms with van der Waals surface area (Å²) in [6.07, 6.45) is 1.27. The number of anilines is 1. The predicted octanol–water partition coefficient (Wildman–Crippen LogP) is 4.89. The number of benzene rings is 2. The molecule has 26 heavy (non-hydrogen) atoms. The van der Waals surface area contributed by atoms with Crippen molar-refractivity contribution in [1.29, 1.82) is 0 Å². The van der Waals surface area contributed by atoms with Gasteiger partial charge < -0.3 is 10.1 Å². The Morgan fingerprint density at radius 3 is 2.35 bits per heavy atom. The second-order valence-electron chi connectivity index (χ2n) is 6.72. The van der Waals surface area contributed by atoms with Crippen LogP contribution in [0.3, 0.4) is 0 Å². The number of aryl methyl sites for hydroxylation is 1. The normalized spacial score (nSPS) is 10.6. The molecule has 0 atom stereocenters. The zero-order valence-corrected chi connectivity index (χ0v) is 15.7. The SMILES string of the molecule is CCc1ccc(C(=O)CCC(=O)Nc2ccccc2OCC(C)C)cc1. The van der Waals surface area contributed by atoms with Crippen molar-refractivity contribution in [3.05, 3.63) is 59.7 Å². The average molecular weight is 353 g/mol. The van der Waals surface area contributed by atoms with Crippen LogP contribution in [-0.2, 0) is 11.2 Å². The van der Waals surface area contributed by atoms with Crippen LogP contribution in [0.2, 0.25) is 0 Å². The Hall–Kier alpha value is -2.62. The van der Waals surface area contributed by atoms with Crippen LogP contribution < -0.4 is 10.1 Å². The molecule has 0 aliphatic rings. The van der Waals surface area contributed by atoms with Gasteiger partial charge in [0, 0.05) is 18.4 Å². The van der Waals surface area contributed by atoms with E-state index < -0.39 is 0 Å². The molecule has 1 amide bonds. The van der Waals surface area contributed by atoms with Crippen molar-refractivity contribution in [2.75, 3.05) is 11.9 Å². The van der Waals surface area contributed by atoms with Crippen molar-refractivity contribution in [3.8, 4) is 5.75 Å². The highest BCUT2D eigenvalue weighted by Crippen LogP contribution is 2.24. The number of nitrogens with one attached hydrogen (secondary N) is 1. The van der Waals surface area contributed by atoms with Gasteiger partial charge in [0.05, 0.1) is 12.3 Å². The van der Waals surface area contributed by atoms with Gasteiger partial charge in [0.25, 0.3) is 0 Å². The highest BCUT2D eigenvalue weighted by Gasteiger charge is 2.12. The molecule has 0 saturated carbocycles. The Labute approximate surface area is 155 Å². The minimum absolute atomic E-state index is 0.0212. The molecule has 2 aromatic rings. The van der Waals surface area contributed by atoms with Gasteiger partial charge >= 0.3 is 0 Å². The fraction of sp³-hybridized carbons (Fsp3) is 0.364. The van der Waals surface area contributed by atoms with Crippen molar-refractivity contribution in [2.24, 2.45) is 5.92 Å². The number of ketones is 1. The van der Waals surface area contributed by atoms with Crippen LogP contribution >= 0.6 is 0 Å². The molecule has 0 aliphatic heterocycles. The lowest BCUT2D eigenvalue weighted by Crippen LogP contribution is -2.15. The summed E-state index contributed by atoms with van der Waals surface area (Å²) in [7, 11) is 0. The smallest absolute Gasteiger partial charge is 0.224 e. The maximum absolute atomic E-state index is 12.2. The largest absolute Gasteiger partial charge is 0.491 e. The molecule has 0 spiro atoms. The minimum Gasteiger partial charge on any atom is -0.491 e. The molecular formula is C22H27NO3. The number of amides is 1. The van der Waals surface area contributed by atoms with Crippen molar-refractivity contribution in [3.63, 3.8) is 0 Å². The van der Waals surface area contributed by atoms with E-state index in [-0.39, 0.29) is 24.5 Å². The highest BCUT2D eigenvalue weighted by atomic mass is 16.5. The summed E-state index contributed by atoms with van der Waals surface area (Å²) >= 11 is 0. The zero-order chi connectivity index (χ0) is 18.9. The van der Waals surface area contributed by atoms with Crippen LogP contribution in [0.25, 0.3) is 0 Å². The lowest BCUT2D eigenvalue weighted by Gasteiger charge is -2.13. The summed E-state index contributed by atoms with van der Waals surface area (Å²) < 4.78 is 5.73. The van der Waals surface area contributed by atoms with Crippen molar-refractivity contribution in [2.45, 2.75) is 40.0 Å². The number of hydrogen-bond donors (Lipinski definition) is 1. The van der Waals surface area contributed by atoms with Gasteiger partial charge in [-0.25, -0.2) is 0 Å². The van der Waals surface area contributed by atoms with Gasteiger partial charge in [0.1, 0.15) is 5.75 Å². The molecule has 138 valence electrons. The van der Waals surface area contributed by atoms with E-state index in [2.05, 4.69) is 26.1 Å². The zero-order valence-electron chi connectivity index (χ0n) is 15.7. The van der Waals surface area contributed by atoms with Crippen LogP contribution in [0.4, 0.5) is 5.69 Å². The Balaban J connectivity index is 1.89. The molecule has 0 aromatic heterocycles. The van der Waals surface area contributed by atoms with E-state index in [4.69, 9.17) is 4.74 Å². The summed E-state index contributed by atoms with van der Waals surface area (Å²) in [5, 5.41) is 2.84. The van der Waals surface area contributed by atoms with E-state index in [0.29, 0.717) is 29.5 Å². The first-order chi connectivity index (χ1) is 12.5. The Morgan fingerprint density at radius 1 is 1.00 bits per heavy atom. The molecule has 0 radical (unpaired) electrons. The van der Waals surface area contributed by atoms with Gasteiger partial charge in [0.2, 0.25) is 5.91 Å². The summed E-state index contributed by atoms with van der Waals surface area (Å²) in [6.45, 7) is 6.79. The highest BCUT2D eigenvalue weighted by molar-refractivity contribution is 6.00. The first-order valence-electron chi connectivity index (χ1n) is 9.13. The number of carbonyl (C=O) groups excluding carboxylic acids is 2. The number of hydrogen-bond acceptors (Lipinski definition) is 3. The van der Waals surface area contributed by atoms with Crippen molar-refractivity contribution in [1.82, 2.24) is 0 Å². The van der Waals surface area contributed by atoms with Crippen molar-refractivity contribution >= 4 is 17.4 Å². The fourth-order valence-electron chi connectivity index (χ4n) is 2.46. The second-order valence-corrected chi connectivity index (χ2v) is 6.72. The van der Waals surface area contributed by atoms with E-state index in [1.165, 1.54) is 5.56 Å². The van der Waals surface area contributed by atoms with E-state index >= 15 is 0 Å². The Kier molecular flexibility index (Phi) is 7.39. The van der Waals surface area contributed by atoms with E-state index in [0.717, 1.165) is 6.42 Å². The lowest BCUT2D eigenvalue weighted by molar-refractivity contribution is -0.116. The molecule has 0 aliphatic carbocycles. The van der Waals surface area contributed by atoms with Gasteiger partial charge in [-0.15, -0.1) is 0 Å². The van der Waals surface area contributed by atoms with Gasteiger partial charge in [-0.2, -0.15) is 0 Å². The molecule has 4 nitrogen and oxygen atoms in total. The molecule has 0 heterocycles. The van der Waals surface area contributed by atoms with Crippen LogP contribution in [0.5, 0.6) is 5.75 Å². The molecule has 0 fully saturated rings. The Bertz CT molecular complexity index is 735. The third kappa shape index (κ3) is 6.03. The second kappa shape index (κ2) is 9.76. The van der Waals surface area contributed by atoms with Gasteiger partial charge in [-0.1, -0.05) is 57.2 Å². The summed E-state index contributed by atoms with van der Waals surface area (Å²) in [6, 6.07) is 14.9. The first-order valence-corrected chi connectivity index (χ1v) is 9.13. The number of ether oxygens (including phenoxy) is 1. The van der Waals surface area contributed by atoms with Gasteiger partial charge in [0.15, 0.2) is 5.78 Å². The maximum atomic E-state index is 12.2. The number of carbonyl (C=O) groups is 2. The predicted molar refractivity (Wildman–Crippen MR) is 105 cm³/mol. The fourth-order valence-corrected chi connectivity index (χ4v) is 2.46. The number of para-hydroxylation sites is 2. The molecular weight excluding hydrogens is 326 g/mol. The Morgan fingerprint density at radius 2 is 1.69 bits per heavy atom. The van der Waals surface area contributed by atoms with E-state index in [1.54, 1.807) is 6.07 Å². The summed E-state index contributed by atoms with van der Waals surface area (Å²) in [5.74, 6) is 0.836. The monoisotopic (exact) mass is 353 g/mol. The van der Waals surface area contributed by atoms with Crippen molar-refractivity contribution < 1.29 is 14.3 Å². The molecule has 0 unspecified atom stereocenters. The molecule has 2 rings (SSSR count). The molecule has 0 saturated heterocycles. The first kappa shape index (κ1) is 19.7. The number of rotatable bonds is 9. The van der Waals surface area contributed by atoms with E-state index in [1.807, 2.05) is 42.5 Å².